The second kappa shape index (κ2) is 5.61. The molecule has 0 atom stereocenters. The molecule has 0 amide bonds. The minimum Gasteiger partial charge on any atom is -0.237 e. The molecule has 0 N–H and O–H groups in total. The highest BCUT2D eigenvalue weighted by atomic mass is 35.5. The van der Waals surface area contributed by atoms with E-state index in [1.165, 1.54) is 11.3 Å². The Kier molecular flexibility index (Phi) is 3.25. The Morgan fingerprint density at radius 1 is 1.00 bits per heavy atom. The molecule has 5 aromatic rings. The molecule has 0 spiro atoms. The molecule has 2 aromatic carbocycles. The van der Waals surface area contributed by atoms with Crippen LogP contribution in [0.15, 0.2) is 48.5 Å². The molecule has 0 aliphatic carbocycles. The summed E-state index contributed by atoms with van der Waals surface area (Å²) >= 11 is 7.54. The predicted octanol–water partition coefficient (Wildman–Crippen LogP) is 3.30. The average molecular weight is 368 g/mol. The van der Waals surface area contributed by atoms with Gasteiger partial charge in [-0.1, -0.05) is 52.4 Å². The van der Waals surface area contributed by atoms with E-state index in [9.17, 15) is 0 Å². The average Bonchev–Trinajstić information content (AvgIpc) is 3.31. The maximum Gasteiger partial charge on any atom is 0.235 e. The van der Waals surface area contributed by atoms with Gasteiger partial charge in [0.1, 0.15) is 17.1 Å². The molecule has 7 nitrogen and oxygen atoms in total. The van der Waals surface area contributed by atoms with Gasteiger partial charge in [0.15, 0.2) is 5.82 Å². The van der Waals surface area contributed by atoms with Crippen molar-refractivity contribution in [1.29, 1.82) is 0 Å². The molecule has 0 saturated heterocycles. The second-order valence-electron chi connectivity index (χ2n) is 5.46. The minimum absolute atomic E-state index is 0.445. The molecule has 0 radical (unpaired) electrons. The molecule has 5 rings (SSSR count). The summed E-state index contributed by atoms with van der Waals surface area (Å²) in [5, 5.41) is 23.0. The lowest BCUT2D eigenvalue weighted by Gasteiger charge is -1.99. The normalized spacial score (nSPS) is 11.6. The summed E-state index contributed by atoms with van der Waals surface area (Å²) in [5.74, 6) is 0.704. The molecule has 0 bridgehead atoms. The van der Waals surface area contributed by atoms with Crippen LogP contribution in [0.25, 0.3) is 26.6 Å². The smallest absolute Gasteiger partial charge is 0.235 e. The van der Waals surface area contributed by atoms with Crippen molar-refractivity contribution in [1.82, 2.24) is 34.8 Å². The summed E-state index contributed by atoms with van der Waals surface area (Å²) in [6.07, 6.45) is 0. The van der Waals surface area contributed by atoms with Gasteiger partial charge in [-0.3, -0.25) is 0 Å². The molecule has 9 heteroatoms. The van der Waals surface area contributed by atoms with Crippen molar-refractivity contribution in [2.24, 2.45) is 0 Å². The van der Waals surface area contributed by atoms with Crippen LogP contribution in [0.4, 0.5) is 0 Å². The van der Waals surface area contributed by atoms with Crippen LogP contribution < -0.4 is 0 Å². The fourth-order valence-electron chi connectivity index (χ4n) is 2.66. The highest BCUT2D eigenvalue weighted by Crippen LogP contribution is 2.27. The number of hydrogen-bond donors (Lipinski definition) is 0. The zero-order valence-electron chi connectivity index (χ0n) is 12.7. The second-order valence-corrected chi connectivity index (χ2v) is 6.86. The number of nitrogens with zero attached hydrogens (tertiary/aromatic N) is 7. The van der Waals surface area contributed by atoms with E-state index >= 15 is 0 Å². The van der Waals surface area contributed by atoms with Gasteiger partial charge in [-0.2, -0.15) is 9.61 Å². The van der Waals surface area contributed by atoms with E-state index in [1.807, 2.05) is 48.5 Å². The van der Waals surface area contributed by atoms with Crippen LogP contribution in [0.2, 0.25) is 5.02 Å². The van der Waals surface area contributed by atoms with Crippen LogP contribution in [-0.2, 0) is 6.54 Å². The van der Waals surface area contributed by atoms with Crippen LogP contribution in [0, 0.1) is 0 Å². The highest BCUT2D eigenvalue weighted by Gasteiger charge is 2.15. The quantitative estimate of drug-likeness (QED) is 0.489. The maximum absolute atomic E-state index is 6.07. The zero-order chi connectivity index (χ0) is 16.8. The molecule has 25 heavy (non-hydrogen) atoms. The summed E-state index contributed by atoms with van der Waals surface area (Å²) in [7, 11) is 0. The van der Waals surface area contributed by atoms with Gasteiger partial charge in [-0.05, 0) is 24.3 Å². The first-order valence-electron chi connectivity index (χ1n) is 7.53. The maximum atomic E-state index is 6.07. The van der Waals surface area contributed by atoms with Crippen molar-refractivity contribution < 1.29 is 0 Å². The van der Waals surface area contributed by atoms with Crippen LogP contribution in [-0.4, -0.2) is 34.8 Å². The van der Waals surface area contributed by atoms with E-state index in [-0.39, 0.29) is 0 Å². The lowest BCUT2D eigenvalue weighted by atomic mass is 10.2. The molecule has 122 valence electrons. The summed E-state index contributed by atoms with van der Waals surface area (Å²) in [4.78, 5) is 0.731. The zero-order valence-corrected chi connectivity index (χ0v) is 14.3. The van der Waals surface area contributed by atoms with Crippen molar-refractivity contribution in [3.63, 3.8) is 0 Å². The van der Waals surface area contributed by atoms with E-state index in [2.05, 4.69) is 25.6 Å². The molecular weight excluding hydrogens is 358 g/mol. The van der Waals surface area contributed by atoms with Gasteiger partial charge in [0.2, 0.25) is 4.96 Å². The Bertz CT molecular complexity index is 1210. The Labute approximate surface area is 150 Å². The standard InChI is InChI=1S/C16H10ClN7S/c17-11-5-3-4-10(8-11)15-21-24-14(19-20-16(24)25-15)9-23-13-7-2-1-6-12(13)18-22-23/h1-8H,9H2. The lowest BCUT2D eigenvalue weighted by molar-refractivity contribution is 0.628. The Morgan fingerprint density at radius 3 is 2.84 bits per heavy atom. The van der Waals surface area contributed by atoms with Crippen LogP contribution in [0.1, 0.15) is 5.82 Å². The first-order valence-corrected chi connectivity index (χ1v) is 8.73. The molecular formula is C16H10ClN7S. The van der Waals surface area contributed by atoms with Crippen LogP contribution in [0.5, 0.6) is 0 Å². The molecule has 0 saturated carbocycles. The summed E-state index contributed by atoms with van der Waals surface area (Å²) in [6.45, 7) is 0.445. The topological polar surface area (TPSA) is 73.8 Å². The first-order chi connectivity index (χ1) is 12.3. The molecule has 0 fully saturated rings. The van der Waals surface area contributed by atoms with E-state index in [0.717, 1.165) is 26.6 Å². The number of para-hydroxylation sites is 1. The Balaban J connectivity index is 1.56. The third kappa shape index (κ3) is 2.46. The third-order valence-corrected chi connectivity index (χ3v) is 5.02. The summed E-state index contributed by atoms with van der Waals surface area (Å²) < 4.78 is 3.54. The van der Waals surface area contributed by atoms with Crippen molar-refractivity contribution in [3.8, 4) is 10.6 Å². The third-order valence-electron chi connectivity index (χ3n) is 3.84. The van der Waals surface area contributed by atoms with Crippen molar-refractivity contribution in [2.75, 3.05) is 0 Å². The van der Waals surface area contributed by atoms with Gasteiger partial charge in [0, 0.05) is 10.6 Å². The van der Waals surface area contributed by atoms with Gasteiger partial charge in [-0.15, -0.1) is 15.3 Å². The van der Waals surface area contributed by atoms with Gasteiger partial charge in [0.25, 0.3) is 0 Å². The predicted molar refractivity (Wildman–Crippen MR) is 95.7 cm³/mol. The van der Waals surface area contributed by atoms with Crippen LogP contribution >= 0.6 is 22.9 Å². The number of aromatic nitrogens is 7. The highest BCUT2D eigenvalue weighted by molar-refractivity contribution is 7.19. The Morgan fingerprint density at radius 2 is 1.92 bits per heavy atom. The van der Waals surface area contributed by atoms with E-state index in [0.29, 0.717) is 17.4 Å². The molecule has 0 unspecified atom stereocenters. The van der Waals surface area contributed by atoms with E-state index in [1.54, 1.807) is 9.20 Å². The minimum atomic E-state index is 0.445. The van der Waals surface area contributed by atoms with Gasteiger partial charge >= 0.3 is 0 Å². The van der Waals surface area contributed by atoms with Crippen molar-refractivity contribution in [3.05, 3.63) is 59.4 Å². The summed E-state index contributed by atoms with van der Waals surface area (Å²) in [5.41, 5.74) is 2.76. The SMILES string of the molecule is Clc1cccc(-c2nn3c(Cn4nnc5ccccc54)nnc3s2)c1. The number of benzene rings is 2. The number of fused-ring (bicyclic) bond motifs is 2. The van der Waals surface area contributed by atoms with E-state index < -0.39 is 0 Å². The van der Waals surface area contributed by atoms with Gasteiger partial charge in [0.05, 0.1) is 5.52 Å². The molecule has 0 aliphatic heterocycles. The lowest BCUT2D eigenvalue weighted by Crippen LogP contribution is -2.06. The summed E-state index contributed by atoms with van der Waals surface area (Å²) in [6, 6.07) is 15.4. The largest absolute Gasteiger partial charge is 0.237 e. The van der Waals surface area contributed by atoms with Crippen molar-refractivity contribution in [2.45, 2.75) is 6.54 Å². The fraction of sp³-hybridized carbons (Fsp3) is 0.0625. The number of halogens is 1. The number of rotatable bonds is 3. The van der Waals surface area contributed by atoms with Crippen LogP contribution in [0.3, 0.4) is 0 Å². The van der Waals surface area contributed by atoms with Gasteiger partial charge < -0.3 is 0 Å². The number of hydrogen-bond acceptors (Lipinski definition) is 6. The monoisotopic (exact) mass is 367 g/mol. The van der Waals surface area contributed by atoms with Gasteiger partial charge in [-0.25, -0.2) is 4.68 Å². The molecule has 3 heterocycles. The first kappa shape index (κ1) is 14.5. The van der Waals surface area contributed by atoms with E-state index in [4.69, 9.17) is 11.6 Å². The molecule has 0 aliphatic rings. The fourth-order valence-corrected chi connectivity index (χ4v) is 3.71. The molecule has 3 aromatic heterocycles. The van der Waals surface area contributed by atoms with Crippen molar-refractivity contribution >= 4 is 38.9 Å². The Hall–Kier alpha value is -2.84.